The number of rotatable bonds is 10. The summed E-state index contributed by atoms with van der Waals surface area (Å²) < 4.78 is 37.7. The molecule has 0 aliphatic heterocycles. The van der Waals surface area contributed by atoms with Crippen LogP contribution in [0.5, 0.6) is 11.5 Å². The van der Waals surface area contributed by atoms with E-state index in [9.17, 15) is 13.6 Å². The highest BCUT2D eigenvalue weighted by atomic mass is 19.1. The second-order valence-electron chi connectivity index (χ2n) is 7.13. The fraction of sp³-hybridized carbons (Fsp3) is 0.250. The van der Waals surface area contributed by atoms with Gasteiger partial charge >= 0.3 is 0 Å². The molecule has 1 amide bonds. The van der Waals surface area contributed by atoms with Crippen molar-refractivity contribution >= 4 is 11.6 Å². The Morgan fingerprint density at radius 2 is 1.97 bits per heavy atom. The Labute approximate surface area is 190 Å². The van der Waals surface area contributed by atoms with E-state index in [0.717, 1.165) is 6.07 Å². The van der Waals surface area contributed by atoms with Gasteiger partial charge in [0.05, 0.1) is 43.9 Å². The Kier molecular flexibility index (Phi) is 8.24. The summed E-state index contributed by atoms with van der Waals surface area (Å²) >= 11 is 0. The lowest BCUT2D eigenvalue weighted by molar-refractivity contribution is -0.115. The van der Waals surface area contributed by atoms with Crippen molar-refractivity contribution in [1.82, 2.24) is 9.97 Å². The van der Waals surface area contributed by atoms with Crippen LogP contribution in [0.3, 0.4) is 0 Å². The van der Waals surface area contributed by atoms with E-state index in [4.69, 9.17) is 14.7 Å². The molecular formula is C24H22F2N4O3. The smallest absolute Gasteiger partial charge is 0.230 e. The molecule has 0 atom stereocenters. The van der Waals surface area contributed by atoms with E-state index in [1.165, 1.54) is 31.6 Å². The van der Waals surface area contributed by atoms with Crippen molar-refractivity contribution in [3.8, 4) is 17.6 Å². The highest BCUT2D eigenvalue weighted by Crippen LogP contribution is 2.29. The van der Waals surface area contributed by atoms with Crippen molar-refractivity contribution in [2.24, 2.45) is 0 Å². The van der Waals surface area contributed by atoms with Gasteiger partial charge in [0.2, 0.25) is 5.91 Å². The fourth-order valence-electron chi connectivity index (χ4n) is 3.06. The SMILES string of the molecule is COc1cc(OCCCCc2ccc(F)cc2F)ccc1NC(=O)Cc1cnc(C#N)cn1. The van der Waals surface area contributed by atoms with Crippen LogP contribution in [0.2, 0.25) is 0 Å². The van der Waals surface area contributed by atoms with Crippen LogP contribution in [0.4, 0.5) is 14.5 Å². The molecule has 0 spiro atoms. The number of hydrogen-bond acceptors (Lipinski definition) is 6. The Morgan fingerprint density at radius 1 is 1.12 bits per heavy atom. The van der Waals surface area contributed by atoms with E-state index in [0.29, 0.717) is 54.3 Å². The van der Waals surface area contributed by atoms with Gasteiger partial charge in [-0.1, -0.05) is 6.07 Å². The number of halogens is 2. The van der Waals surface area contributed by atoms with Crippen LogP contribution >= 0.6 is 0 Å². The predicted octanol–water partition coefficient (Wildman–Crippen LogP) is 4.22. The molecule has 0 aliphatic rings. The average molecular weight is 452 g/mol. The van der Waals surface area contributed by atoms with Gasteiger partial charge in [-0.2, -0.15) is 5.26 Å². The van der Waals surface area contributed by atoms with Gasteiger partial charge in [0.1, 0.15) is 29.2 Å². The van der Waals surface area contributed by atoms with E-state index in [1.54, 1.807) is 18.2 Å². The summed E-state index contributed by atoms with van der Waals surface area (Å²) in [6.07, 6.45) is 4.56. The summed E-state index contributed by atoms with van der Waals surface area (Å²) in [5.41, 5.74) is 1.57. The Bertz CT molecular complexity index is 1150. The Balaban J connectivity index is 1.48. The number of unbranched alkanes of at least 4 members (excludes halogenated alkanes) is 1. The number of nitrogens with one attached hydrogen (secondary N) is 1. The standard InChI is InChI=1S/C24H22F2N4O3/c1-32-23-12-20(33-9-3-2-4-16-5-6-17(25)10-21(16)26)7-8-22(23)30-24(31)11-18-14-29-19(13-27)15-28-18/h5-8,10,12,14-15H,2-4,9,11H2,1H3,(H,30,31). The number of aryl methyl sites for hydroxylation is 1. The maximum Gasteiger partial charge on any atom is 0.230 e. The molecule has 0 radical (unpaired) electrons. The normalized spacial score (nSPS) is 10.4. The number of carbonyl (C=O) groups is 1. The van der Waals surface area contributed by atoms with Crippen LogP contribution in [0.1, 0.15) is 29.8 Å². The van der Waals surface area contributed by atoms with Gasteiger partial charge in [0, 0.05) is 12.1 Å². The Morgan fingerprint density at radius 3 is 2.67 bits per heavy atom. The number of nitriles is 1. The van der Waals surface area contributed by atoms with E-state index in [1.807, 2.05) is 6.07 Å². The maximum atomic E-state index is 13.7. The molecule has 1 N–H and O–H groups in total. The minimum atomic E-state index is -0.587. The van der Waals surface area contributed by atoms with Crippen molar-refractivity contribution in [2.75, 3.05) is 19.0 Å². The molecule has 3 rings (SSSR count). The summed E-state index contributed by atoms with van der Waals surface area (Å²) in [7, 11) is 1.48. The van der Waals surface area contributed by atoms with E-state index in [-0.39, 0.29) is 18.0 Å². The number of benzene rings is 2. The third kappa shape index (κ3) is 6.97. The van der Waals surface area contributed by atoms with E-state index < -0.39 is 11.6 Å². The zero-order chi connectivity index (χ0) is 23.6. The second-order valence-corrected chi connectivity index (χ2v) is 7.13. The minimum Gasteiger partial charge on any atom is -0.494 e. The highest BCUT2D eigenvalue weighted by molar-refractivity contribution is 5.93. The summed E-state index contributed by atoms with van der Waals surface area (Å²) in [6.45, 7) is 0.412. The number of hydrogen-bond donors (Lipinski definition) is 1. The number of aromatic nitrogens is 2. The molecule has 1 heterocycles. The summed E-state index contributed by atoms with van der Waals surface area (Å²) in [6, 6.07) is 10.5. The molecule has 7 nitrogen and oxygen atoms in total. The van der Waals surface area contributed by atoms with E-state index >= 15 is 0 Å². The predicted molar refractivity (Wildman–Crippen MR) is 117 cm³/mol. The molecule has 1 aromatic heterocycles. The van der Waals surface area contributed by atoms with Crippen LogP contribution in [0, 0.1) is 23.0 Å². The van der Waals surface area contributed by atoms with Crippen LogP contribution in [-0.2, 0) is 17.6 Å². The molecule has 170 valence electrons. The molecule has 0 fully saturated rings. The van der Waals surface area contributed by atoms with Gasteiger partial charge in [-0.15, -0.1) is 0 Å². The van der Waals surface area contributed by atoms with Crippen molar-refractivity contribution in [3.63, 3.8) is 0 Å². The molecule has 0 bridgehead atoms. The summed E-state index contributed by atoms with van der Waals surface area (Å²) in [4.78, 5) is 20.2. The molecule has 0 aliphatic carbocycles. The number of carbonyl (C=O) groups excluding carboxylic acids is 1. The lowest BCUT2D eigenvalue weighted by Crippen LogP contribution is -2.16. The molecule has 0 saturated carbocycles. The van der Waals surface area contributed by atoms with Crippen LogP contribution in [0.25, 0.3) is 0 Å². The summed E-state index contributed by atoms with van der Waals surface area (Å²) in [5, 5.41) is 11.5. The molecular weight excluding hydrogens is 430 g/mol. The van der Waals surface area contributed by atoms with Crippen molar-refractivity contribution in [3.05, 3.63) is 77.4 Å². The van der Waals surface area contributed by atoms with Gasteiger partial charge in [-0.3, -0.25) is 9.78 Å². The molecule has 0 unspecified atom stereocenters. The number of amides is 1. The van der Waals surface area contributed by atoms with Crippen LogP contribution < -0.4 is 14.8 Å². The first-order valence-corrected chi connectivity index (χ1v) is 10.2. The van der Waals surface area contributed by atoms with Gasteiger partial charge in [0.15, 0.2) is 5.69 Å². The van der Waals surface area contributed by atoms with Crippen molar-refractivity contribution in [1.29, 1.82) is 5.26 Å². The quantitative estimate of drug-likeness (QED) is 0.463. The maximum absolute atomic E-state index is 13.7. The third-order valence-corrected chi connectivity index (χ3v) is 4.73. The van der Waals surface area contributed by atoms with E-state index in [2.05, 4.69) is 15.3 Å². The molecule has 0 saturated heterocycles. The molecule has 3 aromatic rings. The van der Waals surface area contributed by atoms with Crippen LogP contribution in [0.15, 0.2) is 48.8 Å². The molecule has 9 heteroatoms. The molecule has 33 heavy (non-hydrogen) atoms. The van der Waals surface area contributed by atoms with Gasteiger partial charge < -0.3 is 14.8 Å². The number of anilines is 1. The number of methoxy groups -OCH3 is 1. The first-order chi connectivity index (χ1) is 16.0. The minimum absolute atomic E-state index is 0.00519. The third-order valence-electron chi connectivity index (χ3n) is 4.73. The molecule has 2 aromatic carbocycles. The van der Waals surface area contributed by atoms with Gasteiger partial charge in [0.25, 0.3) is 0 Å². The van der Waals surface area contributed by atoms with Gasteiger partial charge in [-0.05, 0) is 43.0 Å². The van der Waals surface area contributed by atoms with Crippen molar-refractivity contribution < 1.29 is 23.0 Å². The average Bonchev–Trinajstić information content (AvgIpc) is 2.81. The Hall–Kier alpha value is -4.06. The lowest BCUT2D eigenvalue weighted by atomic mass is 10.1. The largest absolute Gasteiger partial charge is 0.494 e. The topological polar surface area (TPSA) is 97.1 Å². The van der Waals surface area contributed by atoms with Crippen LogP contribution in [-0.4, -0.2) is 29.6 Å². The summed E-state index contributed by atoms with van der Waals surface area (Å²) in [5.74, 6) is -0.439. The first-order valence-electron chi connectivity index (χ1n) is 10.2. The second kappa shape index (κ2) is 11.5. The lowest BCUT2D eigenvalue weighted by Gasteiger charge is -2.13. The zero-order valence-corrected chi connectivity index (χ0v) is 18.0. The number of nitrogens with zero attached hydrogens (tertiary/aromatic N) is 3. The first kappa shape index (κ1) is 23.6. The van der Waals surface area contributed by atoms with Gasteiger partial charge in [-0.25, -0.2) is 13.8 Å². The fourth-order valence-corrected chi connectivity index (χ4v) is 3.06. The monoisotopic (exact) mass is 452 g/mol. The van der Waals surface area contributed by atoms with Crippen molar-refractivity contribution in [2.45, 2.75) is 25.7 Å². The number of ether oxygens (including phenoxy) is 2. The highest BCUT2D eigenvalue weighted by Gasteiger charge is 2.11. The zero-order valence-electron chi connectivity index (χ0n) is 18.0.